The monoisotopic (exact) mass is 345 g/mol. The molecule has 0 spiro atoms. The lowest BCUT2D eigenvalue weighted by atomic mass is 10.1. The predicted octanol–water partition coefficient (Wildman–Crippen LogP) is 1.74. The minimum atomic E-state index is -0.317. The van der Waals surface area contributed by atoms with E-state index < -0.39 is 0 Å². The summed E-state index contributed by atoms with van der Waals surface area (Å²) < 4.78 is 5.56. The topological polar surface area (TPSA) is 53.1 Å². The molecule has 0 bridgehead atoms. The Hall–Kier alpha value is -1.92. The fourth-order valence-corrected chi connectivity index (χ4v) is 3.48. The first-order chi connectivity index (χ1) is 12.1. The van der Waals surface area contributed by atoms with Crippen LogP contribution in [0.1, 0.15) is 26.7 Å². The normalized spacial score (nSPS) is 22.6. The van der Waals surface area contributed by atoms with Gasteiger partial charge in [0.25, 0.3) is 5.91 Å². The predicted molar refractivity (Wildman–Crippen MR) is 96.8 cm³/mol. The minimum Gasteiger partial charge on any atom is -0.494 e. The maximum atomic E-state index is 12.8. The first-order valence-corrected chi connectivity index (χ1v) is 9.20. The summed E-state index contributed by atoms with van der Waals surface area (Å²) in [7, 11) is 0. The Bertz CT molecular complexity index is 609. The molecule has 6 nitrogen and oxygen atoms in total. The van der Waals surface area contributed by atoms with Crippen molar-refractivity contribution in [2.24, 2.45) is 0 Å². The lowest BCUT2D eigenvalue weighted by Gasteiger charge is -2.36. The van der Waals surface area contributed by atoms with Crippen LogP contribution in [-0.2, 0) is 9.59 Å². The van der Waals surface area contributed by atoms with Crippen LogP contribution in [0.25, 0.3) is 0 Å². The molecule has 0 radical (unpaired) electrons. The zero-order valence-electron chi connectivity index (χ0n) is 15.1. The SMILES string of the molecule is CCCOc1ccc(N2C(=O)C[C@H](N3CCN(CC)CC3)C2=O)cc1. The van der Waals surface area contributed by atoms with Crippen molar-refractivity contribution in [2.45, 2.75) is 32.7 Å². The van der Waals surface area contributed by atoms with Crippen LogP contribution >= 0.6 is 0 Å². The fourth-order valence-electron chi connectivity index (χ4n) is 3.48. The first-order valence-electron chi connectivity index (χ1n) is 9.20. The molecule has 3 rings (SSSR count). The van der Waals surface area contributed by atoms with Gasteiger partial charge >= 0.3 is 0 Å². The van der Waals surface area contributed by atoms with E-state index in [1.54, 1.807) is 12.1 Å². The molecule has 2 aliphatic heterocycles. The molecular formula is C19H27N3O3. The molecule has 2 amide bonds. The summed E-state index contributed by atoms with van der Waals surface area (Å²) in [4.78, 5) is 31.2. The van der Waals surface area contributed by atoms with E-state index in [4.69, 9.17) is 4.74 Å². The Balaban J connectivity index is 1.67. The number of hydrogen-bond donors (Lipinski definition) is 0. The van der Waals surface area contributed by atoms with Gasteiger partial charge in [-0.05, 0) is 37.2 Å². The van der Waals surface area contributed by atoms with Crippen molar-refractivity contribution in [3.8, 4) is 5.75 Å². The summed E-state index contributed by atoms with van der Waals surface area (Å²) >= 11 is 0. The molecule has 2 saturated heterocycles. The van der Waals surface area contributed by atoms with E-state index in [9.17, 15) is 9.59 Å². The average molecular weight is 345 g/mol. The number of likely N-dealkylation sites (N-methyl/N-ethyl adjacent to an activating group) is 1. The highest BCUT2D eigenvalue weighted by atomic mass is 16.5. The zero-order valence-corrected chi connectivity index (χ0v) is 15.1. The molecule has 0 saturated carbocycles. The van der Waals surface area contributed by atoms with E-state index in [2.05, 4.69) is 23.6 Å². The summed E-state index contributed by atoms with van der Waals surface area (Å²) in [5.74, 6) is 0.546. The van der Waals surface area contributed by atoms with Crippen LogP contribution in [0.3, 0.4) is 0 Å². The van der Waals surface area contributed by atoms with Gasteiger partial charge in [-0.25, -0.2) is 4.90 Å². The maximum Gasteiger partial charge on any atom is 0.251 e. The van der Waals surface area contributed by atoms with E-state index >= 15 is 0 Å². The first kappa shape index (κ1) is 17.9. The number of imide groups is 1. The number of rotatable bonds is 6. The van der Waals surface area contributed by atoms with Gasteiger partial charge in [0.2, 0.25) is 5.91 Å². The number of carbonyl (C=O) groups is 2. The Kier molecular flexibility index (Phi) is 5.71. The summed E-state index contributed by atoms with van der Waals surface area (Å²) in [6.45, 7) is 9.49. The number of nitrogens with zero attached hydrogens (tertiary/aromatic N) is 3. The summed E-state index contributed by atoms with van der Waals surface area (Å²) in [5.41, 5.74) is 0.633. The number of piperazine rings is 1. The number of benzene rings is 1. The second-order valence-corrected chi connectivity index (χ2v) is 6.60. The molecule has 0 N–H and O–H groups in total. The molecule has 0 aromatic heterocycles. The van der Waals surface area contributed by atoms with E-state index in [1.165, 1.54) is 4.90 Å². The van der Waals surface area contributed by atoms with Crippen LogP contribution in [-0.4, -0.2) is 67.0 Å². The lowest BCUT2D eigenvalue weighted by Crippen LogP contribution is -2.52. The average Bonchev–Trinajstić information content (AvgIpc) is 2.95. The van der Waals surface area contributed by atoms with Gasteiger partial charge in [0.05, 0.1) is 24.8 Å². The maximum absolute atomic E-state index is 12.8. The van der Waals surface area contributed by atoms with E-state index in [-0.39, 0.29) is 24.3 Å². The summed E-state index contributed by atoms with van der Waals surface area (Å²) in [5, 5.41) is 0. The van der Waals surface area contributed by atoms with Crippen LogP contribution in [0.2, 0.25) is 0 Å². The minimum absolute atomic E-state index is 0.0998. The Morgan fingerprint density at radius 1 is 1.04 bits per heavy atom. The molecule has 0 aliphatic carbocycles. The second-order valence-electron chi connectivity index (χ2n) is 6.60. The number of anilines is 1. The highest BCUT2D eigenvalue weighted by molar-refractivity contribution is 6.22. The molecule has 1 aromatic rings. The van der Waals surface area contributed by atoms with Crippen molar-refractivity contribution in [2.75, 3.05) is 44.2 Å². The molecule has 25 heavy (non-hydrogen) atoms. The largest absolute Gasteiger partial charge is 0.494 e. The van der Waals surface area contributed by atoms with Gasteiger partial charge in [-0.15, -0.1) is 0 Å². The summed E-state index contributed by atoms with van der Waals surface area (Å²) in [6.07, 6.45) is 1.22. The van der Waals surface area contributed by atoms with Crippen molar-refractivity contribution < 1.29 is 14.3 Å². The standard InChI is InChI=1S/C19H27N3O3/c1-3-13-25-16-7-5-15(6-8-16)22-18(23)14-17(19(22)24)21-11-9-20(4-2)10-12-21/h5-8,17H,3-4,9-14H2,1-2H3/t17-/m0/s1. The second kappa shape index (κ2) is 7.97. The van der Waals surface area contributed by atoms with E-state index in [0.29, 0.717) is 12.3 Å². The Morgan fingerprint density at radius 3 is 2.32 bits per heavy atom. The van der Waals surface area contributed by atoms with Gasteiger partial charge in [0, 0.05) is 26.2 Å². The number of amides is 2. The zero-order chi connectivity index (χ0) is 17.8. The Morgan fingerprint density at radius 2 is 1.72 bits per heavy atom. The third-order valence-electron chi connectivity index (χ3n) is 4.99. The van der Waals surface area contributed by atoms with Crippen molar-refractivity contribution >= 4 is 17.5 Å². The highest BCUT2D eigenvalue weighted by Crippen LogP contribution is 2.27. The Labute approximate surface area is 149 Å². The molecule has 1 aromatic carbocycles. The molecule has 2 heterocycles. The van der Waals surface area contributed by atoms with Gasteiger partial charge in [0.1, 0.15) is 5.75 Å². The molecular weight excluding hydrogens is 318 g/mol. The van der Waals surface area contributed by atoms with Gasteiger partial charge in [-0.2, -0.15) is 0 Å². The van der Waals surface area contributed by atoms with Crippen LogP contribution in [0, 0.1) is 0 Å². The van der Waals surface area contributed by atoms with Gasteiger partial charge in [-0.1, -0.05) is 13.8 Å². The van der Waals surface area contributed by atoms with Crippen molar-refractivity contribution in [3.63, 3.8) is 0 Å². The third-order valence-corrected chi connectivity index (χ3v) is 4.99. The molecule has 1 atom stereocenters. The van der Waals surface area contributed by atoms with Crippen LogP contribution < -0.4 is 9.64 Å². The smallest absolute Gasteiger partial charge is 0.251 e. The number of carbonyl (C=O) groups excluding carboxylic acids is 2. The molecule has 2 aliphatic rings. The van der Waals surface area contributed by atoms with E-state index in [0.717, 1.165) is 44.9 Å². The third kappa shape index (κ3) is 3.85. The molecule has 6 heteroatoms. The quantitative estimate of drug-likeness (QED) is 0.735. The number of ether oxygens (including phenoxy) is 1. The van der Waals surface area contributed by atoms with Crippen molar-refractivity contribution in [1.29, 1.82) is 0 Å². The van der Waals surface area contributed by atoms with Gasteiger partial charge in [-0.3, -0.25) is 14.5 Å². The van der Waals surface area contributed by atoms with E-state index in [1.807, 2.05) is 12.1 Å². The summed E-state index contributed by atoms with van der Waals surface area (Å²) in [6, 6.07) is 6.90. The lowest BCUT2D eigenvalue weighted by molar-refractivity contribution is -0.123. The molecule has 2 fully saturated rings. The van der Waals surface area contributed by atoms with Gasteiger partial charge in [0.15, 0.2) is 0 Å². The van der Waals surface area contributed by atoms with Crippen LogP contribution in [0.15, 0.2) is 24.3 Å². The van der Waals surface area contributed by atoms with Crippen LogP contribution in [0.4, 0.5) is 5.69 Å². The highest BCUT2D eigenvalue weighted by Gasteiger charge is 2.43. The fraction of sp³-hybridized carbons (Fsp3) is 0.579. The van der Waals surface area contributed by atoms with Crippen molar-refractivity contribution in [3.05, 3.63) is 24.3 Å². The molecule has 136 valence electrons. The number of hydrogen-bond acceptors (Lipinski definition) is 5. The van der Waals surface area contributed by atoms with Crippen molar-refractivity contribution in [1.82, 2.24) is 9.80 Å². The van der Waals surface area contributed by atoms with Gasteiger partial charge < -0.3 is 9.64 Å². The molecule has 0 unspecified atom stereocenters. The van der Waals surface area contributed by atoms with Crippen LogP contribution in [0.5, 0.6) is 5.75 Å².